The Labute approximate surface area is 208 Å². The highest BCUT2D eigenvalue weighted by molar-refractivity contribution is 7.97. The maximum atomic E-state index is 13.8. The van der Waals surface area contributed by atoms with Crippen LogP contribution in [0.1, 0.15) is 12.0 Å². The molecule has 1 unspecified atom stereocenters. The molecule has 0 aliphatic carbocycles. The van der Waals surface area contributed by atoms with Gasteiger partial charge in [-0.05, 0) is 42.0 Å². The minimum atomic E-state index is -6.31. The summed E-state index contributed by atoms with van der Waals surface area (Å²) in [5.41, 5.74) is 0.683. The molecule has 0 radical (unpaired) electrons. The molecule has 0 saturated carbocycles. The summed E-state index contributed by atoms with van der Waals surface area (Å²) in [5, 5.41) is 3.93. The van der Waals surface area contributed by atoms with Gasteiger partial charge in [0.25, 0.3) is 0 Å². The molecule has 12 heteroatoms. The standard InChI is InChI=1S/C24H22F4O6S2/c1-33-18-6-3-9-21(14-18)35(20-8-2-5-17(13-20)16-29)22-10-4-7-19(15-22)34-12-11-23(25,26)24(27,28)36(30,31)32/h2-10,13-15,29H,11-12,16H2,1H3/p+1. The van der Waals surface area contributed by atoms with Gasteiger partial charge >= 0.3 is 21.3 Å². The van der Waals surface area contributed by atoms with Gasteiger partial charge in [-0.25, -0.2) is 0 Å². The fraction of sp³-hybridized carbons (Fsp3) is 0.250. The molecule has 0 amide bonds. The zero-order valence-electron chi connectivity index (χ0n) is 18.9. The molecule has 0 bridgehead atoms. The summed E-state index contributed by atoms with van der Waals surface area (Å²) in [6.07, 6.45) is -1.65. The van der Waals surface area contributed by atoms with Gasteiger partial charge in [0.1, 0.15) is 11.5 Å². The van der Waals surface area contributed by atoms with Crippen molar-refractivity contribution in [2.75, 3.05) is 13.7 Å². The Kier molecular flexibility index (Phi) is 8.55. The minimum Gasteiger partial charge on any atom is -0.497 e. The molecule has 3 rings (SSSR count). The number of hydrogen-bond donors (Lipinski definition) is 2. The third-order valence-electron chi connectivity index (χ3n) is 5.07. The second-order valence-electron chi connectivity index (χ2n) is 7.56. The predicted octanol–water partition coefficient (Wildman–Crippen LogP) is 5.17. The highest BCUT2D eigenvalue weighted by Crippen LogP contribution is 2.41. The maximum Gasteiger partial charge on any atom is 0.431 e. The lowest BCUT2D eigenvalue weighted by molar-refractivity contribution is -0.167. The zero-order valence-corrected chi connectivity index (χ0v) is 20.5. The lowest BCUT2D eigenvalue weighted by Crippen LogP contribution is -2.47. The van der Waals surface area contributed by atoms with Crippen LogP contribution in [0.5, 0.6) is 11.5 Å². The molecule has 0 spiro atoms. The van der Waals surface area contributed by atoms with Crippen LogP contribution in [0.3, 0.4) is 0 Å². The van der Waals surface area contributed by atoms with E-state index in [2.05, 4.69) is 0 Å². The Bertz CT molecular complexity index is 1250. The smallest absolute Gasteiger partial charge is 0.431 e. The van der Waals surface area contributed by atoms with Crippen LogP contribution >= 0.6 is 0 Å². The van der Waals surface area contributed by atoms with Crippen LogP contribution < -0.4 is 9.47 Å². The van der Waals surface area contributed by atoms with Crippen molar-refractivity contribution < 1.29 is 45.1 Å². The van der Waals surface area contributed by atoms with Gasteiger partial charge in [-0.2, -0.15) is 26.0 Å². The number of halogens is 4. The van der Waals surface area contributed by atoms with E-state index in [4.69, 9.17) is 14.0 Å². The van der Waals surface area contributed by atoms with Gasteiger partial charge in [0.15, 0.2) is 14.7 Å². The SMILES string of the molecule is COc1cccc([S+](c2cccc(CO)c2)c2cccc(OCCC(F)(F)C(F)(F)S(=O)(=O)O)c2)c1. The van der Waals surface area contributed by atoms with E-state index >= 15 is 0 Å². The zero-order chi connectivity index (χ0) is 26.6. The number of methoxy groups -OCH3 is 1. The molecule has 0 aromatic heterocycles. The summed E-state index contributed by atoms with van der Waals surface area (Å²) in [6.45, 7) is -1.11. The van der Waals surface area contributed by atoms with Crippen molar-refractivity contribution in [3.63, 3.8) is 0 Å². The summed E-state index contributed by atoms with van der Waals surface area (Å²) in [4.78, 5) is 2.39. The third-order valence-corrected chi connectivity index (χ3v) is 8.19. The van der Waals surface area contributed by atoms with Gasteiger partial charge in [0.2, 0.25) is 0 Å². The van der Waals surface area contributed by atoms with E-state index < -0.39 is 45.2 Å². The number of benzene rings is 3. The van der Waals surface area contributed by atoms with Gasteiger partial charge in [0.05, 0.1) is 37.6 Å². The molecule has 3 aromatic rings. The van der Waals surface area contributed by atoms with Crippen LogP contribution in [0.2, 0.25) is 0 Å². The first-order valence-electron chi connectivity index (χ1n) is 10.4. The molecule has 3 aromatic carbocycles. The fourth-order valence-corrected chi connectivity index (χ4v) is 5.91. The fourth-order valence-electron chi connectivity index (χ4n) is 3.23. The van der Waals surface area contributed by atoms with Gasteiger partial charge in [0, 0.05) is 12.1 Å². The number of ether oxygens (including phenoxy) is 2. The highest BCUT2D eigenvalue weighted by Gasteiger charge is 2.65. The van der Waals surface area contributed by atoms with Gasteiger partial charge in [-0.3, -0.25) is 4.55 Å². The molecular weight excluding hydrogens is 524 g/mol. The molecule has 0 saturated heterocycles. The quantitative estimate of drug-likeness (QED) is 0.196. The van der Waals surface area contributed by atoms with Gasteiger partial charge in [-0.1, -0.05) is 24.3 Å². The van der Waals surface area contributed by atoms with E-state index in [9.17, 15) is 31.1 Å². The van der Waals surface area contributed by atoms with Crippen LogP contribution in [0.25, 0.3) is 0 Å². The van der Waals surface area contributed by atoms with E-state index in [1.807, 2.05) is 30.3 Å². The van der Waals surface area contributed by atoms with Crippen LogP contribution in [0, 0.1) is 0 Å². The minimum absolute atomic E-state index is 0.0946. The monoisotopic (exact) mass is 547 g/mol. The topological polar surface area (TPSA) is 93.1 Å². The molecule has 0 fully saturated rings. The Balaban J connectivity index is 1.91. The third kappa shape index (κ3) is 6.12. The molecule has 0 aliphatic rings. The highest BCUT2D eigenvalue weighted by atomic mass is 32.2. The Morgan fingerprint density at radius 3 is 1.94 bits per heavy atom. The molecule has 0 heterocycles. The number of alkyl halides is 4. The summed E-state index contributed by atoms with van der Waals surface area (Å²) in [7, 11) is -5.53. The van der Waals surface area contributed by atoms with Crippen LogP contribution in [-0.4, -0.2) is 43.0 Å². The lowest BCUT2D eigenvalue weighted by Gasteiger charge is -2.23. The van der Waals surface area contributed by atoms with Crippen molar-refractivity contribution >= 4 is 21.0 Å². The van der Waals surface area contributed by atoms with Gasteiger partial charge < -0.3 is 14.6 Å². The molecule has 0 aliphatic heterocycles. The molecule has 36 heavy (non-hydrogen) atoms. The lowest BCUT2D eigenvalue weighted by atomic mass is 10.2. The van der Waals surface area contributed by atoms with Crippen molar-refractivity contribution in [3.8, 4) is 11.5 Å². The van der Waals surface area contributed by atoms with Crippen molar-refractivity contribution in [2.24, 2.45) is 0 Å². The molecule has 2 N–H and O–H groups in total. The van der Waals surface area contributed by atoms with Crippen LogP contribution in [0.15, 0.2) is 87.5 Å². The first kappa shape index (κ1) is 27.8. The number of rotatable bonds is 11. The molecule has 194 valence electrons. The van der Waals surface area contributed by atoms with E-state index in [1.54, 1.807) is 36.4 Å². The summed E-state index contributed by atoms with van der Waals surface area (Å²) >= 11 is 0. The largest absolute Gasteiger partial charge is 0.497 e. The van der Waals surface area contributed by atoms with Crippen LogP contribution in [0.4, 0.5) is 17.6 Å². The van der Waals surface area contributed by atoms with Crippen molar-refractivity contribution in [2.45, 2.75) is 38.9 Å². The Morgan fingerprint density at radius 2 is 1.39 bits per heavy atom. The second-order valence-corrected chi connectivity index (χ2v) is 11.0. The predicted molar refractivity (Wildman–Crippen MR) is 126 cm³/mol. The number of aliphatic hydroxyl groups is 1. The van der Waals surface area contributed by atoms with E-state index in [0.717, 1.165) is 9.79 Å². The second kappa shape index (κ2) is 11.1. The van der Waals surface area contributed by atoms with E-state index in [-0.39, 0.29) is 12.4 Å². The summed E-state index contributed by atoms with van der Waals surface area (Å²) < 4.78 is 94.8. The molecule has 1 atom stereocenters. The Hall–Kier alpha value is -2.80. The van der Waals surface area contributed by atoms with Gasteiger partial charge in [-0.15, -0.1) is 0 Å². The average molecular weight is 548 g/mol. The normalized spacial score (nSPS) is 13.3. The number of aliphatic hydroxyl groups excluding tert-OH is 1. The van der Waals surface area contributed by atoms with Crippen LogP contribution in [-0.2, 0) is 27.6 Å². The van der Waals surface area contributed by atoms with Crippen molar-refractivity contribution in [1.29, 1.82) is 0 Å². The van der Waals surface area contributed by atoms with E-state index in [0.29, 0.717) is 16.2 Å². The number of hydrogen-bond acceptors (Lipinski definition) is 5. The average Bonchev–Trinajstić information content (AvgIpc) is 2.84. The summed E-state index contributed by atoms with van der Waals surface area (Å²) in [6, 6.07) is 20.9. The first-order valence-corrected chi connectivity index (χ1v) is 13.1. The molecular formula is C24H23F4O6S2+. The van der Waals surface area contributed by atoms with E-state index in [1.165, 1.54) is 13.2 Å². The maximum absolute atomic E-state index is 13.8. The van der Waals surface area contributed by atoms with Crippen molar-refractivity contribution in [3.05, 3.63) is 78.4 Å². The molecule has 6 nitrogen and oxygen atoms in total. The summed E-state index contributed by atoms with van der Waals surface area (Å²) in [5.74, 6) is -4.34. The van der Waals surface area contributed by atoms with Crippen molar-refractivity contribution in [1.82, 2.24) is 0 Å². The first-order chi connectivity index (χ1) is 16.9. The Morgan fingerprint density at radius 1 is 0.861 bits per heavy atom.